The van der Waals surface area contributed by atoms with Crippen LogP contribution in [0.2, 0.25) is 0 Å². The zero-order valence-electron chi connectivity index (χ0n) is 16.9. The molecule has 162 valence electrons. The average Bonchev–Trinajstić information content (AvgIpc) is 3.35. The smallest absolute Gasteiger partial charge is 0.287 e. The molecule has 0 bridgehead atoms. The van der Waals surface area contributed by atoms with E-state index in [1.807, 2.05) is 18.2 Å². The summed E-state index contributed by atoms with van der Waals surface area (Å²) in [6.07, 6.45) is 0.887. The van der Waals surface area contributed by atoms with Gasteiger partial charge in [0.15, 0.2) is 6.10 Å². The van der Waals surface area contributed by atoms with Gasteiger partial charge in [0.1, 0.15) is 6.26 Å². The number of rotatable bonds is 4. The van der Waals surface area contributed by atoms with E-state index in [1.54, 1.807) is 42.5 Å². The van der Waals surface area contributed by atoms with E-state index in [-0.39, 0.29) is 24.9 Å². The highest BCUT2D eigenvalue weighted by atomic mass is 19.3. The molecule has 0 spiro atoms. The van der Waals surface area contributed by atoms with E-state index in [1.165, 1.54) is 17.4 Å². The molecule has 5 rings (SSSR count). The van der Waals surface area contributed by atoms with Gasteiger partial charge in [-0.25, -0.2) is 18.7 Å². The summed E-state index contributed by atoms with van der Waals surface area (Å²) in [5.41, 5.74) is 1.49. The fourth-order valence-corrected chi connectivity index (χ4v) is 3.82. The molecule has 8 heteroatoms. The lowest BCUT2D eigenvalue weighted by molar-refractivity contribution is -0.131. The quantitative estimate of drug-likeness (QED) is 0.460. The predicted octanol–water partition coefficient (Wildman–Crippen LogP) is 4.82. The van der Waals surface area contributed by atoms with Gasteiger partial charge in [-0.3, -0.25) is 4.79 Å². The van der Waals surface area contributed by atoms with Gasteiger partial charge >= 0.3 is 0 Å². The predicted molar refractivity (Wildman–Crippen MR) is 114 cm³/mol. The van der Waals surface area contributed by atoms with Crippen molar-refractivity contribution < 1.29 is 22.7 Å². The second-order valence-electron chi connectivity index (χ2n) is 7.59. The summed E-state index contributed by atoms with van der Waals surface area (Å²) in [4.78, 5) is 23.1. The number of ether oxygens (including phenoxy) is 1. The summed E-state index contributed by atoms with van der Waals surface area (Å²) in [5, 5.41) is 0.884. The van der Waals surface area contributed by atoms with Crippen LogP contribution in [0.1, 0.15) is 16.8 Å². The first-order valence-electron chi connectivity index (χ1n) is 10.2. The van der Waals surface area contributed by atoms with Gasteiger partial charge < -0.3 is 14.1 Å². The number of hydrogen-bond donors (Lipinski definition) is 0. The summed E-state index contributed by atoms with van der Waals surface area (Å²) >= 11 is 0. The molecular formula is C24H19F2N3O3. The van der Waals surface area contributed by atoms with E-state index in [9.17, 15) is 13.6 Å². The zero-order chi connectivity index (χ0) is 22.1. The van der Waals surface area contributed by atoms with Crippen LogP contribution in [0, 0.1) is 0 Å². The van der Waals surface area contributed by atoms with Crippen molar-refractivity contribution >= 4 is 16.8 Å². The molecule has 0 unspecified atom stereocenters. The Morgan fingerprint density at radius 2 is 1.91 bits per heavy atom. The standard InChI is InChI=1S/C24H19F2N3O3/c25-24(26)11-13-29(23(30)18-7-3-2-6-17(18)22-27-12-14-31-22)15-20(24)32-21-10-9-16-5-1-4-8-19(16)28-21/h1-10,12,14,20H,11,13,15H2/t20-/m0/s1. The summed E-state index contributed by atoms with van der Waals surface area (Å²) in [6, 6.07) is 17.5. The number of carbonyl (C=O) groups excluding carboxylic acids is 1. The number of benzene rings is 2. The van der Waals surface area contributed by atoms with Crippen molar-refractivity contribution in [1.82, 2.24) is 14.9 Å². The number of para-hydroxylation sites is 1. The number of pyridine rings is 1. The molecule has 32 heavy (non-hydrogen) atoms. The van der Waals surface area contributed by atoms with Gasteiger partial charge in [-0.1, -0.05) is 30.3 Å². The molecule has 1 saturated heterocycles. The lowest BCUT2D eigenvalue weighted by atomic mass is 10.0. The van der Waals surface area contributed by atoms with E-state index in [0.29, 0.717) is 22.5 Å². The number of amides is 1. The Bertz CT molecular complexity index is 1260. The summed E-state index contributed by atoms with van der Waals surface area (Å²) < 4.78 is 40.3. The number of aromatic nitrogens is 2. The maximum absolute atomic E-state index is 14.7. The largest absolute Gasteiger partial charge is 0.466 e. The van der Waals surface area contributed by atoms with Crippen molar-refractivity contribution in [1.29, 1.82) is 0 Å². The Balaban J connectivity index is 1.39. The minimum Gasteiger partial charge on any atom is -0.466 e. The number of nitrogens with zero attached hydrogens (tertiary/aromatic N) is 3. The average molecular weight is 435 g/mol. The molecule has 2 aromatic heterocycles. The van der Waals surface area contributed by atoms with Crippen molar-refractivity contribution in [3.8, 4) is 17.3 Å². The van der Waals surface area contributed by atoms with Crippen LogP contribution in [0.5, 0.6) is 5.88 Å². The first-order chi connectivity index (χ1) is 15.5. The highest BCUT2D eigenvalue weighted by Gasteiger charge is 2.47. The highest BCUT2D eigenvalue weighted by molar-refractivity contribution is 6.00. The number of halogens is 2. The molecule has 6 nitrogen and oxygen atoms in total. The van der Waals surface area contributed by atoms with Crippen LogP contribution in [-0.2, 0) is 0 Å². The first kappa shape index (κ1) is 20.1. The van der Waals surface area contributed by atoms with Gasteiger partial charge in [0.05, 0.1) is 23.8 Å². The van der Waals surface area contributed by atoms with Gasteiger partial charge in [-0.2, -0.15) is 0 Å². The minimum atomic E-state index is -3.09. The van der Waals surface area contributed by atoms with Gasteiger partial charge in [0.25, 0.3) is 11.8 Å². The van der Waals surface area contributed by atoms with E-state index in [4.69, 9.17) is 9.15 Å². The third kappa shape index (κ3) is 3.79. The maximum atomic E-state index is 14.7. The first-order valence-corrected chi connectivity index (χ1v) is 10.2. The second-order valence-corrected chi connectivity index (χ2v) is 7.59. The second kappa shape index (κ2) is 8.03. The number of alkyl halides is 2. The third-order valence-corrected chi connectivity index (χ3v) is 5.52. The fourth-order valence-electron chi connectivity index (χ4n) is 3.82. The number of hydrogen-bond acceptors (Lipinski definition) is 5. The molecule has 1 fully saturated rings. The Morgan fingerprint density at radius 3 is 2.75 bits per heavy atom. The highest BCUT2D eigenvalue weighted by Crippen LogP contribution is 2.33. The van der Waals surface area contributed by atoms with Crippen LogP contribution >= 0.6 is 0 Å². The monoisotopic (exact) mass is 435 g/mol. The van der Waals surface area contributed by atoms with Gasteiger partial charge in [0, 0.05) is 30.0 Å². The number of piperidine rings is 1. The van der Waals surface area contributed by atoms with E-state index in [2.05, 4.69) is 9.97 Å². The molecule has 1 aliphatic rings. The Hall–Kier alpha value is -3.81. The van der Waals surface area contributed by atoms with Gasteiger partial charge in [0.2, 0.25) is 11.8 Å². The van der Waals surface area contributed by atoms with E-state index >= 15 is 0 Å². The third-order valence-electron chi connectivity index (χ3n) is 5.52. The van der Waals surface area contributed by atoms with Gasteiger partial charge in [-0.05, 0) is 24.3 Å². The number of likely N-dealkylation sites (tertiary alicyclic amines) is 1. The van der Waals surface area contributed by atoms with Crippen LogP contribution < -0.4 is 4.74 Å². The molecule has 1 atom stereocenters. The SMILES string of the molecule is O=C(c1ccccc1-c1ncco1)N1CCC(F)(F)[C@@H](Oc2ccc3ccccc3n2)C1. The zero-order valence-corrected chi connectivity index (χ0v) is 16.9. The van der Waals surface area contributed by atoms with Crippen LogP contribution in [0.4, 0.5) is 8.78 Å². The van der Waals surface area contributed by atoms with Crippen LogP contribution in [0.15, 0.2) is 77.5 Å². The normalized spacial score (nSPS) is 17.9. The topological polar surface area (TPSA) is 68.5 Å². The summed E-state index contributed by atoms with van der Waals surface area (Å²) in [6.45, 7) is -0.350. The molecule has 1 amide bonds. The van der Waals surface area contributed by atoms with Crippen molar-refractivity contribution in [2.75, 3.05) is 13.1 Å². The van der Waals surface area contributed by atoms with E-state index in [0.717, 1.165) is 5.39 Å². The molecular weight excluding hydrogens is 416 g/mol. The van der Waals surface area contributed by atoms with Crippen LogP contribution in [-0.4, -0.2) is 45.9 Å². The lowest BCUT2D eigenvalue weighted by Crippen LogP contribution is -2.55. The molecule has 1 aliphatic heterocycles. The molecule has 2 aromatic carbocycles. The summed E-state index contributed by atoms with van der Waals surface area (Å²) in [5.74, 6) is -3.08. The number of carbonyl (C=O) groups is 1. The maximum Gasteiger partial charge on any atom is 0.287 e. The molecule has 0 N–H and O–H groups in total. The Labute approximate surface area is 182 Å². The number of oxazole rings is 1. The molecule has 0 radical (unpaired) electrons. The number of fused-ring (bicyclic) bond motifs is 1. The van der Waals surface area contributed by atoms with Crippen molar-refractivity contribution in [2.45, 2.75) is 18.4 Å². The minimum absolute atomic E-state index is 0.0865. The van der Waals surface area contributed by atoms with Crippen molar-refractivity contribution in [3.63, 3.8) is 0 Å². The van der Waals surface area contributed by atoms with Crippen LogP contribution in [0.25, 0.3) is 22.4 Å². The Kier molecular flexibility index (Phi) is 5.05. The Morgan fingerprint density at radius 1 is 1.09 bits per heavy atom. The molecule has 4 aromatic rings. The van der Waals surface area contributed by atoms with Crippen molar-refractivity contribution in [2.24, 2.45) is 0 Å². The molecule has 0 aliphatic carbocycles. The van der Waals surface area contributed by atoms with Crippen LogP contribution in [0.3, 0.4) is 0 Å². The summed E-state index contributed by atoms with van der Waals surface area (Å²) in [7, 11) is 0. The lowest BCUT2D eigenvalue weighted by Gasteiger charge is -2.38. The fraction of sp³-hybridized carbons (Fsp3) is 0.208. The molecule has 3 heterocycles. The van der Waals surface area contributed by atoms with Gasteiger partial charge in [-0.15, -0.1) is 0 Å². The van der Waals surface area contributed by atoms with E-state index < -0.39 is 18.4 Å². The van der Waals surface area contributed by atoms with Crippen molar-refractivity contribution in [3.05, 3.63) is 78.7 Å². The molecule has 0 saturated carbocycles.